The van der Waals surface area contributed by atoms with Crippen LogP contribution in [0.5, 0.6) is 0 Å². The van der Waals surface area contributed by atoms with Crippen LogP contribution in [-0.4, -0.2) is 29.7 Å². The second-order valence-electron chi connectivity index (χ2n) is 5.27. The lowest BCUT2D eigenvalue weighted by molar-refractivity contribution is 0.415. The number of rotatable bonds is 5. The summed E-state index contributed by atoms with van der Waals surface area (Å²) in [5.74, 6) is 0. The fourth-order valence-corrected chi connectivity index (χ4v) is 4.32. The predicted octanol–water partition coefficient (Wildman–Crippen LogP) is 3.58. The first-order valence-electron chi connectivity index (χ1n) is 7.27. The number of benzene rings is 2. The van der Waals surface area contributed by atoms with Gasteiger partial charge >= 0.3 is 0 Å². The molecule has 3 aromatic rings. The zero-order valence-electron chi connectivity index (χ0n) is 12.9. The highest BCUT2D eigenvalue weighted by molar-refractivity contribution is 9.10. The molecule has 0 aliphatic rings. The highest BCUT2D eigenvalue weighted by atomic mass is 79.9. The van der Waals surface area contributed by atoms with Crippen LogP contribution in [0.25, 0.3) is 0 Å². The predicted molar refractivity (Wildman–Crippen MR) is 96.0 cm³/mol. The topological polar surface area (TPSA) is 66.1 Å². The van der Waals surface area contributed by atoms with Gasteiger partial charge in [0.25, 0.3) is 10.0 Å². The maximum Gasteiger partial charge on any atom is 0.260 e. The fraction of sp³-hybridized carbons (Fsp3) is 0.118. The van der Waals surface area contributed by atoms with Crippen LogP contribution in [0.15, 0.2) is 76.6 Å². The summed E-state index contributed by atoms with van der Waals surface area (Å²) < 4.78 is 28.1. The van der Waals surface area contributed by atoms with Crippen molar-refractivity contribution in [2.45, 2.75) is 11.1 Å². The van der Waals surface area contributed by atoms with Gasteiger partial charge in [0.05, 0.1) is 18.6 Å². The third kappa shape index (κ3) is 3.15. The average Bonchev–Trinajstić information content (AvgIpc) is 3.13. The highest BCUT2D eigenvalue weighted by Gasteiger charge is 2.32. The van der Waals surface area contributed by atoms with Crippen LogP contribution in [-0.2, 0) is 10.0 Å². The minimum Gasteiger partial charge on any atom is -0.335 e. The zero-order chi connectivity index (χ0) is 17.2. The van der Waals surface area contributed by atoms with Gasteiger partial charge in [-0.3, -0.25) is 0 Å². The third-order valence-electron chi connectivity index (χ3n) is 3.81. The smallest absolute Gasteiger partial charge is 0.260 e. The molecule has 0 saturated heterocycles. The largest absolute Gasteiger partial charge is 0.335 e. The highest BCUT2D eigenvalue weighted by Crippen LogP contribution is 2.35. The summed E-state index contributed by atoms with van der Waals surface area (Å²) in [6.45, 7) is 0. The van der Waals surface area contributed by atoms with E-state index in [2.05, 4.69) is 25.9 Å². The zero-order valence-corrected chi connectivity index (χ0v) is 15.3. The van der Waals surface area contributed by atoms with E-state index in [-0.39, 0.29) is 5.03 Å². The molecule has 0 amide bonds. The molecule has 1 heterocycles. The van der Waals surface area contributed by atoms with E-state index in [1.807, 2.05) is 54.6 Å². The van der Waals surface area contributed by atoms with Crippen LogP contribution in [0, 0.1) is 0 Å². The maximum atomic E-state index is 12.9. The Bertz CT molecular complexity index is 912. The Morgan fingerprint density at radius 3 is 2.38 bits per heavy atom. The standard InChI is InChI=1S/C17H16BrN3O2S/c1-21(24(22,23)16-11-19-12-20-16)17(13-7-3-2-4-8-13)14-9-5-6-10-15(14)18/h2-12,17H,1H3,(H,19,20). The molecule has 1 unspecified atom stereocenters. The monoisotopic (exact) mass is 405 g/mol. The van der Waals surface area contributed by atoms with Gasteiger partial charge in [0.15, 0.2) is 5.03 Å². The van der Waals surface area contributed by atoms with Crippen molar-refractivity contribution in [3.8, 4) is 0 Å². The number of sulfonamides is 1. The van der Waals surface area contributed by atoms with Gasteiger partial charge in [-0.1, -0.05) is 64.5 Å². The van der Waals surface area contributed by atoms with Gasteiger partial charge in [0.2, 0.25) is 0 Å². The van der Waals surface area contributed by atoms with Crippen molar-refractivity contribution in [1.29, 1.82) is 0 Å². The molecule has 0 aliphatic carbocycles. The number of imidazole rings is 1. The number of H-pyrrole nitrogens is 1. The van der Waals surface area contributed by atoms with Gasteiger partial charge in [-0.2, -0.15) is 4.31 Å². The molecule has 0 fully saturated rings. The molecule has 1 atom stereocenters. The number of nitrogens with one attached hydrogen (secondary N) is 1. The van der Waals surface area contributed by atoms with Crippen LogP contribution in [0.2, 0.25) is 0 Å². The summed E-state index contributed by atoms with van der Waals surface area (Å²) in [7, 11) is -2.14. The Kier molecular flexibility index (Phi) is 4.84. The van der Waals surface area contributed by atoms with Crippen LogP contribution in [0.1, 0.15) is 17.2 Å². The minimum absolute atomic E-state index is 0.0676. The van der Waals surface area contributed by atoms with Crippen LogP contribution >= 0.6 is 15.9 Å². The summed E-state index contributed by atoms with van der Waals surface area (Å²) in [6.07, 6.45) is 2.67. The van der Waals surface area contributed by atoms with Crippen LogP contribution < -0.4 is 0 Å². The molecule has 24 heavy (non-hydrogen) atoms. The molecular weight excluding hydrogens is 390 g/mol. The van der Waals surface area contributed by atoms with E-state index in [1.54, 1.807) is 7.05 Å². The van der Waals surface area contributed by atoms with Gasteiger partial charge in [-0.15, -0.1) is 0 Å². The lowest BCUT2D eigenvalue weighted by Crippen LogP contribution is -2.32. The molecule has 1 N–H and O–H groups in total. The van der Waals surface area contributed by atoms with Crippen molar-refractivity contribution in [2.24, 2.45) is 0 Å². The number of aromatic nitrogens is 2. The van der Waals surface area contributed by atoms with Crippen molar-refractivity contribution in [1.82, 2.24) is 14.3 Å². The summed E-state index contributed by atoms with van der Waals surface area (Å²) in [5, 5.41) is 0.0676. The molecule has 0 radical (unpaired) electrons. The lowest BCUT2D eigenvalue weighted by atomic mass is 9.99. The first-order valence-corrected chi connectivity index (χ1v) is 9.51. The van der Waals surface area contributed by atoms with E-state index >= 15 is 0 Å². The Morgan fingerprint density at radius 1 is 1.08 bits per heavy atom. The average molecular weight is 406 g/mol. The maximum absolute atomic E-state index is 12.9. The quantitative estimate of drug-likeness (QED) is 0.705. The lowest BCUT2D eigenvalue weighted by Gasteiger charge is -2.28. The SMILES string of the molecule is CN(C(c1ccccc1)c1ccccc1Br)S(=O)(=O)c1cnc[nH]1. The van der Waals surface area contributed by atoms with E-state index in [4.69, 9.17) is 0 Å². The second kappa shape index (κ2) is 6.88. The fourth-order valence-electron chi connectivity index (χ4n) is 2.60. The second-order valence-corrected chi connectivity index (χ2v) is 8.09. The van der Waals surface area contributed by atoms with Crippen molar-refractivity contribution >= 4 is 26.0 Å². The first kappa shape index (κ1) is 16.9. The Morgan fingerprint density at radius 2 is 1.75 bits per heavy atom. The number of hydrogen-bond acceptors (Lipinski definition) is 3. The summed E-state index contributed by atoms with van der Waals surface area (Å²) in [4.78, 5) is 6.50. The van der Waals surface area contributed by atoms with Gasteiger partial charge in [0, 0.05) is 11.5 Å². The molecule has 0 spiro atoms. The van der Waals surface area contributed by atoms with Crippen LogP contribution in [0.3, 0.4) is 0 Å². The molecule has 7 heteroatoms. The summed E-state index contributed by atoms with van der Waals surface area (Å²) in [5.41, 5.74) is 1.75. The van der Waals surface area contributed by atoms with Crippen molar-refractivity contribution < 1.29 is 8.42 Å². The Labute approximate surface area is 149 Å². The molecule has 0 bridgehead atoms. The summed E-state index contributed by atoms with van der Waals surface area (Å²) >= 11 is 3.54. The number of halogens is 1. The van der Waals surface area contributed by atoms with Crippen molar-refractivity contribution in [2.75, 3.05) is 7.05 Å². The van der Waals surface area contributed by atoms with Crippen LogP contribution in [0.4, 0.5) is 0 Å². The Hall–Kier alpha value is -1.96. The van der Waals surface area contributed by atoms with Crippen molar-refractivity contribution in [3.05, 3.63) is 82.7 Å². The van der Waals surface area contributed by atoms with Gasteiger partial charge in [-0.25, -0.2) is 13.4 Å². The number of hydrogen-bond donors (Lipinski definition) is 1. The third-order valence-corrected chi connectivity index (χ3v) is 6.28. The van der Waals surface area contributed by atoms with Gasteiger partial charge in [-0.05, 0) is 17.2 Å². The van der Waals surface area contributed by atoms with E-state index in [9.17, 15) is 8.42 Å². The van der Waals surface area contributed by atoms with E-state index in [0.29, 0.717) is 0 Å². The molecule has 5 nitrogen and oxygen atoms in total. The normalized spacial score (nSPS) is 13.1. The van der Waals surface area contributed by atoms with E-state index in [1.165, 1.54) is 16.8 Å². The van der Waals surface area contributed by atoms with Gasteiger partial charge in [0.1, 0.15) is 0 Å². The first-order chi connectivity index (χ1) is 11.5. The summed E-state index contributed by atoms with van der Waals surface area (Å²) in [6, 6.07) is 16.7. The number of nitrogens with zero attached hydrogens (tertiary/aromatic N) is 2. The molecule has 0 aliphatic heterocycles. The van der Waals surface area contributed by atoms with Gasteiger partial charge < -0.3 is 4.98 Å². The van der Waals surface area contributed by atoms with Crippen molar-refractivity contribution in [3.63, 3.8) is 0 Å². The molecule has 3 rings (SSSR count). The van der Waals surface area contributed by atoms with E-state index < -0.39 is 16.1 Å². The molecule has 1 aromatic heterocycles. The Balaban J connectivity index is 2.14. The number of aromatic amines is 1. The molecule has 2 aromatic carbocycles. The molecular formula is C17H16BrN3O2S. The molecule has 0 saturated carbocycles. The minimum atomic E-state index is -3.71. The molecule has 124 valence electrons. The van der Waals surface area contributed by atoms with E-state index in [0.717, 1.165) is 15.6 Å².